The van der Waals surface area contributed by atoms with Crippen molar-refractivity contribution in [1.82, 2.24) is 0 Å². The average molecular weight is 410 g/mol. The molecule has 0 spiro atoms. The molecule has 0 aliphatic rings. The Hall–Kier alpha value is -2.80. The number of halogens is 9. The van der Waals surface area contributed by atoms with E-state index in [0.29, 0.717) is 18.2 Å². The number of carbonyl (C=O) groups excluding carboxylic acids is 3. The Balaban J connectivity index is 3.37. The Labute approximate surface area is 143 Å². The normalized spacial score (nSPS) is 12.5. The van der Waals surface area contributed by atoms with Crippen LogP contribution < -0.4 is 10.2 Å². The van der Waals surface area contributed by atoms with Gasteiger partial charge in [-0.15, -0.1) is 0 Å². The summed E-state index contributed by atoms with van der Waals surface area (Å²) in [5.41, 5.74) is -2.26. The van der Waals surface area contributed by atoms with Crippen molar-refractivity contribution in [2.75, 3.05) is 10.2 Å². The van der Waals surface area contributed by atoms with E-state index in [4.69, 9.17) is 0 Å². The highest BCUT2D eigenvalue weighted by Gasteiger charge is 2.52. The number of aryl methyl sites for hydroxylation is 1. The van der Waals surface area contributed by atoms with E-state index >= 15 is 0 Å². The molecule has 150 valence electrons. The van der Waals surface area contributed by atoms with E-state index in [-0.39, 0.29) is 0 Å². The van der Waals surface area contributed by atoms with Crippen LogP contribution in [0.1, 0.15) is 5.56 Å². The number of anilines is 2. The number of imide groups is 1. The molecule has 27 heavy (non-hydrogen) atoms. The van der Waals surface area contributed by atoms with Crippen LogP contribution in [-0.2, 0) is 14.4 Å². The molecule has 0 unspecified atom stereocenters. The van der Waals surface area contributed by atoms with Gasteiger partial charge in [-0.3, -0.25) is 14.4 Å². The number of rotatable bonds is 2. The van der Waals surface area contributed by atoms with Gasteiger partial charge in [0.25, 0.3) is 0 Å². The van der Waals surface area contributed by atoms with Crippen LogP contribution in [0.5, 0.6) is 0 Å². The van der Waals surface area contributed by atoms with Crippen LogP contribution in [0.2, 0.25) is 0 Å². The van der Waals surface area contributed by atoms with Crippen molar-refractivity contribution in [3.05, 3.63) is 23.8 Å². The van der Waals surface area contributed by atoms with Crippen LogP contribution in [0.3, 0.4) is 0 Å². The summed E-state index contributed by atoms with van der Waals surface area (Å²) in [6.07, 6.45) is -17.0. The molecule has 0 aromatic heterocycles. The summed E-state index contributed by atoms with van der Waals surface area (Å²) in [5.74, 6) is -8.76. The maximum atomic E-state index is 12.5. The maximum absolute atomic E-state index is 12.5. The molecule has 3 amide bonds. The van der Waals surface area contributed by atoms with E-state index in [1.165, 1.54) is 5.32 Å². The first-order chi connectivity index (χ1) is 12.0. The predicted octanol–water partition coefficient (Wildman–Crippen LogP) is 3.48. The summed E-state index contributed by atoms with van der Waals surface area (Å²) in [4.78, 5) is 32.1. The van der Waals surface area contributed by atoms with Crippen molar-refractivity contribution in [3.8, 4) is 0 Å². The number of alkyl halides is 9. The summed E-state index contributed by atoms with van der Waals surface area (Å²) in [6.45, 7) is 0.920. The first kappa shape index (κ1) is 22.2. The van der Waals surface area contributed by atoms with Gasteiger partial charge >= 0.3 is 36.3 Å². The summed E-state index contributed by atoms with van der Waals surface area (Å²) in [6, 6.07) is 1.25. The highest BCUT2D eigenvalue weighted by molar-refractivity contribution is 6.18. The second kappa shape index (κ2) is 7.08. The number of amides is 3. The topological polar surface area (TPSA) is 66.5 Å². The molecule has 0 heterocycles. The maximum Gasteiger partial charge on any atom is 0.472 e. The van der Waals surface area contributed by atoms with E-state index in [1.54, 1.807) is 0 Å². The van der Waals surface area contributed by atoms with E-state index in [2.05, 4.69) is 0 Å². The Morgan fingerprint density at radius 3 is 1.59 bits per heavy atom. The van der Waals surface area contributed by atoms with Gasteiger partial charge in [0.05, 0.1) is 5.69 Å². The SMILES string of the molecule is Cc1cc(N(C(=O)C(F)(F)F)C(=O)C(F)(F)F)ccc1NC(=O)C(F)(F)F. The van der Waals surface area contributed by atoms with Crippen molar-refractivity contribution in [2.45, 2.75) is 25.5 Å². The van der Waals surface area contributed by atoms with Gasteiger partial charge in [0, 0.05) is 5.69 Å². The Bertz CT molecular complexity index is 740. The minimum atomic E-state index is -5.85. The number of nitrogens with zero attached hydrogens (tertiary/aromatic N) is 1. The molecule has 0 saturated carbocycles. The van der Waals surface area contributed by atoms with Crippen LogP contribution in [-0.4, -0.2) is 36.3 Å². The second-order valence-corrected chi connectivity index (χ2v) is 4.89. The summed E-state index contributed by atoms with van der Waals surface area (Å²) >= 11 is 0. The van der Waals surface area contributed by atoms with Gasteiger partial charge in [0.1, 0.15) is 0 Å². The van der Waals surface area contributed by atoms with Gasteiger partial charge in [-0.05, 0) is 30.7 Å². The average Bonchev–Trinajstić information content (AvgIpc) is 2.46. The fraction of sp³-hybridized carbons (Fsp3) is 0.308. The van der Waals surface area contributed by atoms with Crippen LogP contribution in [0.25, 0.3) is 0 Å². The van der Waals surface area contributed by atoms with Gasteiger partial charge in [-0.2, -0.15) is 39.5 Å². The number of nitrogens with one attached hydrogen (secondary N) is 1. The zero-order valence-corrected chi connectivity index (χ0v) is 12.8. The van der Waals surface area contributed by atoms with Gasteiger partial charge in [0.15, 0.2) is 0 Å². The number of hydrogen-bond donors (Lipinski definition) is 1. The van der Waals surface area contributed by atoms with Crippen molar-refractivity contribution < 1.29 is 53.9 Å². The summed E-state index contributed by atoms with van der Waals surface area (Å²) < 4.78 is 112. The van der Waals surface area contributed by atoms with Crippen LogP contribution >= 0.6 is 0 Å². The van der Waals surface area contributed by atoms with Crippen molar-refractivity contribution in [2.24, 2.45) is 0 Å². The largest absolute Gasteiger partial charge is 0.472 e. The molecule has 1 rings (SSSR count). The number of hydrogen-bond acceptors (Lipinski definition) is 3. The van der Waals surface area contributed by atoms with E-state index in [0.717, 1.165) is 6.92 Å². The van der Waals surface area contributed by atoms with Crippen LogP contribution in [0.15, 0.2) is 18.2 Å². The van der Waals surface area contributed by atoms with E-state index in [1.807, 2.05) is 0 Å². The molecule has 14 heteroatoms. The summed E-state index contributed by atoms with van der Waals surface area (Å²) in [5, 5.41) is 1.34. The Kier molecular flexibility index (Phi) is 5.83. The van der Waals surface area contributed by atoms with E-state index < -0.39 is 58.1 Å². The molecule has 0 aliphatic heterocycles. The predicted molar refractivity (Wildman–Crippen MR) is 70.5 cm³/mol. The molecule has 0 aliphatic carbocycles. The smallest absolute Gasteiger partial charge is 0.318 e. The van der Waals surface area contributed by atoms with Gasteiger partial charge in [-0.25, -0.2) is 4.90 Å². The van der Waals surface area contributed by atoms with Crippen LogP contribution in [0, 0.1) is 6.92 Å². The molecule has 5 nitrogen and oxygen atoms in total. The first-order valence-corrected chi connectivity index (χ1v) is 6.47. The minimum absolute atomic E-state index is 0.340. The van der Waals surface area contributed by atoms with Crippen LogP contribution in [0.4, 0.5) is 50.9 Å². The van der Waals surface area contributed by atoms with Gasteiger partial charge in [0.2, 0.25) is 0 Å². The lowest BCUT2D eigenvalue weighted by atomic mass is 10.1. The standard InChI is InChI=1S/C13H7F9N2O3/c1-5-4-6(2-3-7(5)23-8(25)11(14,15)16)24(9(26)12(17,18)19)10(27)13(20,21)22/h2-4H,1H3,(H,23,25). The lowest BCUT2D eigenvalue weighted by Crippen LogP contribution is -2.50. The molecule has 1 aromatic carbocycles. The lowest BCUT2D eigenvalue weighted by molar-refractivity contribution is -0.181. The molecule has 0 fully saturated rings. The van der Waals surface area contributed by atoms with Gasteiger partial charge in [-0.1, -0.05) is 0 Å². The first-order valence-electron chi connectivity index (χ1n) is 6.47. The highest BCUT2D eigenvalue weighted by Crippen LogP contribution is 2.31. The van der Waals surface area contributed by atoms with Gasteiger partial charge < -0.3 is 5.32 Å². The van der Waals surface area contributed by atoms with E-state index in [9.17, 15) is 53.9 Å². The third-order valence-electron chi connectivity index (χ3n) is 2.87. The fourth-order valence-electron chi connectivity index (χ4n) is 1.70. The van der Waals surface area contributed by atoms with Crippen molar-refractivity contribution >= 4 is 29.1 Å². The monoisotopic (exact) mass is 410 g/mol. The molecule has 1 N–H and O–H groups in total. The second-order valence-electron chi connectivity index (χ2n) is 4.89. The molecule has 0 bridgehead atoms. The third-order valence-corrected chi connectivity index (χ3v) is 2.87. The third kappa shape index (κ3) is 5.34. The molecule has 0 atom stereocenters. The zero-order valence-electron chi connectivity index (χ0n) is 12.8. The summed E-state index contributed by atoms with van der Waals surface area (Å²) in [7, 11) is 0. The highest BCUT2D eigenvalue weighted by atomic mass is 19.4. The Morgan fingerprint density at radius 2 is 1.26 bits per heavy atom. The minimum Gasteiger partial charge on any atom is -0.318 e. The Morgan fingerprint density at radius 1 is 0.815 bits per heavy atom. The lowest BCUT2D eigenvalue weighted by Gasteiger charge is -2.24. The quantitative estimate of drug-likeness (QED) is 0.760. The fourth-order valence-corrected chi connectivity index (χ4v) is 1.70. The molecule has 1 aromatic rings. The number of carbonyl (C=O) groups is 3. The number of benzene rings is 1. The van der Waals surface area contributed by atoms with Crippen molar-refractivity contribution in [1.29, 1.82) is 0 Å². The molecular formula is C13H7F9N2O3. The molecule has 0 saturated heterocycles. The molecular weight excluding hydrogens is 403 g/mol. The van der Waals surface area contributed by atoms with Crippen molar-refractivity contribution in [3.63, 3.8) is 0 Å². The zero-order chi connectivity index (χ0) is 21.4. The molecule has 0 radical (unpaired) electrons.